The molecule has 3 aliphatic rings. The van der Waals surface area contributed by atoms with Crippen LogP contribution in [0.4, 0.5) is 5.95 Å². The van der Waals surface area contributed by atoms with E-state index >= 15 is 0 Å². The Hall–Kier alpha value is -3.08. The first-order chi connectivity index (χ1) is 15.4. The molecule has 1 unspecified atom stereocenters. The molecule has 1 atom stereocenters. The third-order valence-electron chi connectivity index (χ3n) is 6.00. The number of nitrogens with one attached hydrogen (secondary N) is 1. The van der Waals surface area contributed by atoms with E-state index in [1.165, 1.54) is 16.8 Å². The Morgan fingerprint density at radius 1 is 1.19 bits per heavy atom. The molecule has 0 spiro atoms. The van der Waals surface area contributed by atoms with Crippen LogP contribution < -0.4 is 5.32 Å². The molecule has 2 aliphatic heterocycles. The highest BCUT2D eigenvalue weighted by Crippen LogP contribution is 2.43. The van der Waals surface area contributed by atoms with Gasteiger partial charge in [-0.15, -0.1) is 13.2 Å². The van der Waals surface area contributed by atoms with Crippen molar-refractivity contribution in [3.05, 3.63) is 84.5 Å². The van der Waals surface area contributed by atoms with E-state index in [4.69, 9.17) is 4.98 Å². The van der Waals surface area contributed by atoms with E-state index in [-0.39, 0.29) is 11.6 Å². The topological polar surface area (TPSA) is 44.3 Å². The highest BCUT2D eigenvalue weighted by Gasteiger charge is 2.38. The quantitative estimate of drug-likeness (QED) is 0.550. The minimum atomic E-state index is 0.168. The van der Waals surface area contributed by atoms with Crippen molar-refractivity contribution >= 4 is 11.6 Å². The average molecular weight is 432 g/mol. The highest BCUT2D eigenvalue weighted by atomic mass is 15.4. The highest BCUT2D eigenvalue weighted by molar-refractivity contribution is 5.74. The molecule has 0 radical (unpaired) electrons. The summed E-state index contributed by atoms with van der Waals surface area (Å²) < 4.78 is 0. The third kappa shape index (κ3) is 4.72. The van der Waals surface area contributed by atoms with Crippen LogP contribution in [0.25, 0.3) is 5.70 Å². The summed E-state index contributed by atoms with van der Waals surface area (Å²) in [6, 6.07) is 2.02. The van der Waals surface area contributed by atoms with Crippen LogP contribution in [0, 0.1) is 5.41 Å². The number of aromatic nitrogens is 2. The molecule has 0 bridgehead atoms. The van der Waals surface area contributed by atoms with Gasteiger partial charge >= 0.3 is 0 Å². The fourth-order valence-corrected chi connectivity index (χ4v) is 4.16. The average Bonchev–Trinajstić information content (AvgIpc) is 3.11. The van der Waals surface area contributed by atoms with Crippen LogP contribution in [0.1, 0.15) is 52.7 Å². The van der Waals surface area contributed by atoms with Crippen LogP contribution in [-0.2, 0) is 0 Å². The van der Waals surface area contributed by atoms with Gasteiger partial charge in [-0.05, 0) is 54.0 Å². The first-order valence-electron chi connectivity index (χ1n) is 11.5. The first-order valence-corrected chi connectivity index (χ1v) is 11.5. The zero-order valence-corrected chi connectivity index (χ0v) is 20.2. The molecule has 1 aromatic rings. The Bertz CT molecular complexity index is 980. The van der Waals surface area contributed by atoms with E-state index in [1.807, 2.05) is 12.3 Å². The summed E-state index contributed by atoms with van der Waals surface area (Å²) in [6.07, 6.45) is 18.9. The number of anilines is 1. The molecule has 1 aliphatic carbocycles. The fraction of sp³-hybridized carbons (Fsp3) is 0.407. The molecular formula is C27H37N5. The summed E-state index contributed by atoms with van der Waals surface area (Å²) in [6.45, 7) is 15.8. The number of allylic oxidation sites excluding steroid dienone is 5. The largest absolute Gasteiger partial charge is 0.354 e. The normalized spacial score (nSPS) is 21.0. The zero-order valence-electron chi connectivity index (χ0n) is 20.2. The minimum absolute atomic E-state index is 0.168. The maximum Gasteiger partial charge on any atom is 0.223 e. The maximum absolute atomic E-state index is 4.88. The molecule has 5 nitrogen and oxygen atoms in total. The molecular weight excluding hydrogens is 394 g/mol. The number of nitrogens with zero attached hydrogens (tertiary/aromatic N) is 4. The Kier molecular flexibility index (Phi) is 7.39. The van der Waals surface area contributed by atoms with Crippen LogP contribution in [-0.4, -0.2) is 39.5 Å². The standard InChI is InChI=1S/C25H33N5.C2H4/c1-6-14-26-24-27-15-10-20(28-24)23-22(19-8-12-25(3,4)13-9-19)29(5)21-17-18(7-2)11-16-30(21)23;1-2/h8-12,15-17,21H,6-7,13-14H2,1-5H3,(H,26,27,28);1-2H2. The van der Waals surface area contributed by atoms with Gasteiger partial charge in [0.1, 0.15) is 6.17 Å². The number of fused-ring (bicyclic) bond motifs is 1. The predicted octanol–water partition coefficient (Wildman–Crippen LogP) is 6.12. The summed E-state index contributed by atoms with van der Waals surface area (Å²) in [5, 5.41) is 3.33. The molecule has 1 N–H and O–H groups in total. The number of likely N-dealkylation sites (N-methyl/N-ethyl adjacent to an activating group) is 1. The summed E-state index contributed by atoms with van der Waals surface area (Å²) >= 11 is 0. The summed E-state index contributed by atoms with van der Waals surface area (Å²) in [5.74, 6) is 0.687. The van der Waals surface area contributed by atoms with Crippen molar-refractivity contribution in [1.82, 2.24) is 19.8 Å². The second kappa shape index (κ2) is 10.0. The lowest BCUT2D eigenvalue weighted by molar-refractivity contribution is 0.269. The van der Waals surface area contributed by atoms with Crippen molar-refractivity contribution in [3.8, 4) is 0 Å². The molecule has 0 saturated carbocycles. The van der Waals surface area contributed by atoms with Gasteiger partial charge in [0.2, 0.25) is 5.95 Å². The molecule has 0 amide bonds. The SMILES string of the molecule is C=C.CCCNc1nccc(C2=C(C3=CCC(C)(C)C=C3)N(C)C3C=C(CC)C=CN23)n1. The van der Waals surface area contributed by atoms with Crippen molar-refractivity contribution in [2.24, 2.45) is 5.41 Å². The lowest BCUT2D eigenvalue weighted by Crippen LogP contribution is -2.35. The Labute approximate surface area is 193 Å². The zero-order chi connectivity index (χ0) is 23.3. The van der Waals surface area contributed by atoms with E-state index in [0.29, 0.717) is 5.95 Å². The van der Waals surface area contributed by atoms with Gasteiger partial charge in [-0.2, -0.15) is 0 Å². The molecule has 32 heavy (non-hydrogen) atoms. The molecule has 1 aromatic heterocycles. The second-order valence-corrected chi connectivity index (χ2v) is 8.92. The summed E-state index contributed by atoms with van der Waals surface area (Å²) in [4.78, 5) is 14.0. The van der Waals surface area contributed by atoms with Crippen LogP contribution in [0.15, 0.2) is 78.8 Å². The fourth-order valence-electron chi connectivity index (χ4n) is 4.16. The molecule has 4 rings (SSSR count). The van der Waals surface area contributed by atoms with Crippen molar-refractivity contribution in [2.75, 3.05) is 18.9 Å². The van der Waals surface area contributed by atoms with E-state index in [0.717, 1.165) is 37.2 Å². The number of rotatable bonds is 6. The number of hydrogen-bond acceptors (Lipinski definition) is 5. The molecule has 170 valence electrons. The summed E-state index contributed by atoms with van der Waals surface area (Å²) in [5.41, 5.74) is 6.15. The van der Waals surface area contributed by atoms with Crippen LogP contribution in [0.3, 0.4) is 0 Å². The molecule has 0 aromatic carbocycles. The summed E-state index contributed by atoms with van der Waals surface area (Å²) in [7, 11) is 2.19. The van der Waals surface area contributed by atoms with Gasteiger partial charge < -0.3 is 15.1 Å². The lowest BCUT2D eigenvalue weighted by atomic mass is 9.83. The molecule has 3 heterocycles. The molecule has 5 heteroatoms. The maximum atomic E-state index is 4.88. The van der Waals surface area contributed by atoms with Crippen molar-refractivity contribution in [3.63, 3.8) is 0 Å². The van der Waals surface area contributed by atoms with Gasteiger partial charge in [-0.1, -0.05) is 45.9 Å². The Morgan fingerprint density at radius 3 is 2.62 bits per heavy atom. The van der Waals surface area contributed by atoms with Gasteiger partial charge in [-0.25, -0.2) is 9.97 Å². The van der Waals surface area contributed by atoms with Gasteiger partial charge in [0.05, 0.1) is 17.1 Å². The van der Waals surface area contributed by atoms with Crippen LogP contribution in [0.5, 0.6) is 0 Å². The lowest BCUT2D eigenvalue weighted by Gasteiger charge is -2.31. The van der Waals surface area contributed by atoms with Crippen LogP contribution in [0.2, 0.25) is 0 Å². The first kappa shape index (κ1) is 23.6. The van der Waals surface area contributed by atoms with Crippen molar-refractivity contribution in [1.29, 1.82) is 0 Å². The van der Waals surface area contributed by atoms with Gasteiger partial charge in [0, 0.05) is 26.0 Å². The van der Waals surface area contributed by atoms with Gasteiger partial charge in [0.15, 0.2) is 0 Å². The van der Waals surface area contributed by atoms with E-state index in [2.05, 4.69) is 105 Å². The monoisotopic (exact) mass is 431 g/mol. The predicted molar refractivity (Wildman–Crippen MR) is 136 cm³/mol. The van der Waals surface area contributed by atoms with E-state index in [9.17, 15) is 0 Å². The number of hydrogen-bond donors (Lipinski definition) is 1. The second-order valence-electron chi connectivity index (χ2n) is 8.92. The Morgan fingerprint density at radius 2 is 1.97 bits per heavy atom. The molecule has 0 fully saturated rings. The minimum Gasteiger partial charge on any atom is -0.354 e. The smallest absolute Gasteiger partial charge is 0.223 e. The van der Waals surface area contributed by atoms with Crippen molar-refractivity contribution in [2.45, 2.75) is 53.1 Å². The van der Waals surface area contributed by atoms with E-state index in [1.54, 1.807) is 0 Å². The Balaban J connectivity index is 0.00000141. The van der Waals surface area contributed by atoms with Gasteiger partial charge in [0.25, 0.3) is 0 Å². The third-order valence-corrected chi connectivity index (χ3v) is 6.00. The van der Waals surface area contributed by atoms with Crippen molar-refractivity contribution < 1.29 is 0 Å². The van der Waals surface area contributed by atoms with Gasteiger partial charge in [-0.3, -0.25) is 0 Å². The molecule has 0 saturated heterocycles. The van der Waals surface area contributed by atoms with Crippen LogP contribution >= 0.6 is 0 Å². The van der Waals surface area contributed by atoms with E-state index < -0.39 is 0 Å².